The topological polar surface area (TPSA) is 49.4 Å². The lowest BCUT2D eigenvalue weighted by Gasteiger charge is -2.32. The van der Waals surface area contributed by atoms with E-state index in [1.165, 1.54) is 11.8 Å². The molecule has 1 fully saturated rings. The van der Waals surface area contributed by atoms with Crippen LogP contribution in [0.5, 0.6) is 0 Å². The first-order valence-corrected chi connectivity index (χ1v) is 14.5. The van der Waals surface area contributed by atoms with E-state index in [0.29, 0.717) is 23.7 Å². The highest BCUT2D eigenvalue weighted by atomic mass is 35.5. The summed E-state index contributed by atoms with van der Waals surface area (Å²) < 4.78 is 0. The number of rotatable bonds is 11. The van der Waals surface area contributed by atoms with Gasteiger partial charge in [-0.15, -0.1) is 11.8 Å². The number of hydrogen-bond donors (Lipinski definition) is 1. The third-order valence-electron chi connectivity index (χ3n) is 7.02. The van der Waals surface area contributed by atoms with Crippen LogP contribution in [0.1, 0.15) is 47.9 Å². The fourth-order valence-corrected chi connectivity index (χ4v) is 6.04. The second-order valence-electron chi connectivity index (χ2n) is 9.73. The molecule has 4 nitrogen and oxygen atoms in total. The van der Waals surface area contributed by atoms with Crippen molar-refractivity contribution in [3.05, 3.63) is 106 Å². The maximum Gasteiger partial charge on any atom is 0.243 e. The van der Waals surface area contributed by atoms with E-state index in [-0.39, 0.29) is 23.6 Å². The van der Waals surface area contributed by atoms with Crippen LogP contribution in [-0.4, -0.2) is 34.6 Å². The second-order valence-corrected chi connectivity index (χ2v) is 11.1. The predicted molar refractivity (Wildman–Crippen MR) is 154 cm³/mol. The lowest BCUT2D eigenvalue weighted by Crippen LogP contribution is -2.52. The number of hydrogen-bond acceptors (Lipinski definition) is 3. The number of carbonyl (C=O) groups is 2. The number of nitrogens with one attached hydrogen (secondary N) is 1. The van der Waals surface area contributed by atoms with Crippen molar-refractivity contribution in [1.29, 1.82) is 0 Å². The molecule has 0 spiro atoms. The number of thioether (sulfide) groups is 1. The Morgan fingerprint density at radius 1 is 0.946 bits per heavy atom. The first-order valence-electron chi connectivity index (χ1n) is 13.0. The molecule has 1 aliphatic carbocycles. The number of carbonyl (C=O) groups excluding carboxylic acids is 2. The molecule has 37 heavy (non-hydrogen) atoms. The molecule has 0 aromatic heterocycles. The molecule has 194 valence electrons. The monoisotopic (exact) mass is 534 g/mol. The van der Waals surface area contributed by atoms with Gasteiger partial charge in [-0.2, -0.15) is 0 Å². The van der Waals surface area contributed by atoms with E-state index in [1.807, 2.05) is 72.8 Å². The van der Waals surface area contributed by atoms with E-state index in [0.717, 1.165) is 47.9 Å². The summed E-state index contributed by atoms with van der Waals surface area (Å²) in [6.07, 6.45) is 4.76. The molecule has 6 heteroatoms. The standard InChI is InChI=1S/C31H35ClN2O2S/c1-23-11-5-6-14-25(23)20-34(30(35)22-37-21-26-15-7-10-18-28(26)32)29(19-24-12-3-2-4-13-24)31(36)33-27-16-8-9-17-27/h2-7,10-15,18,27,29H,8-9,16-17,19-22H2,1H3,(H,33,36). The van der Waals surface area contributed by atoms with Crippen LogP contribution >= 0.6 is 23.4 Å². The minimum Gasteiger partial charge on any atom is -0.352 e. The van der Waals surface area contributed by atoms with Crippen molar-refractivity contribution in [2.75, 3.05) is 5.75 Å². The van der Waals surface area contributed by atoms with Crippen LogP contribution in [0.2, 0.25) is 5.02 Å². The summed E-state index contributed by atoms with van der Waals surface area (Å²) in [6, 6.07) is 25.4. The van der Waals surface area contributed by atoms with Crippen molar-refractivity contribution < 1.29 is 9.59 Å². The average molecular weight is 535 g/mol. The molecule has 0 aliphatic heterocycles. The summed E-state index contributed by atoms with van der Waals surface area (Å²) in [6.45, 7) is 2.45. The van der Waals surface area contributed by atoms with Crippen LogP contribution in [0.3, 0.4) is 0 Å². The van der Waals surface area contributed by atoms with Gasteiger partial charge in [-0.05, 0) is 48.1 Å². The maximum atomic E-state index is 13.8. The number of halogens is 1. The van der Waals surface area contributed by atoms with Crippen molar-refractivity contribution in [1.82, 2.24) is 10.2 Å². The van der Waals surface area contributed by atoms with Gasteiger partial charge < -0.3 is 10.2 Å². The Morgan fingerprint density at radius 2 is 1.59 bits per heavy atom. The lowest BCUT2D eigenvalue weighted by molar-refractivity contribution is -0.139. The normalized spacial score (nSPS) is 14.3. The van der Waals surface area contributed by atoms with E-state index < -0.39 is 6.04 Å². The Bertz CT molecular complexity index is 1180. The molecular weight excluding hydrogens is 500 g/mol. The molecule has 3 aromatic carbocycles. The van der Waals surface area contributed by atoms with Crippen LogP contribution in [0.25, 0.3) is 0 Å². The van der Waals surface area contributed by atoms with E-state index in [1.54, 1.807) is 4.90 Å². The van der Waals surface area contributed by atoms with E-state index in [4.69, 9.17) is 11.6 Å². The fraction of sp³-hybridized carbons (Fsp3) is 0.355. The number of benzene rings is 3. The van der Waals surface area contributed by atoms with E-state index >= 15 is 0 Å². The molecule has 1 N–H and O–H groups in total. The molecule has 1 aliphatic rings. The fourth-order valence-electron chi connectivity index (χ4n) is 4.84. The first kappa shape index (κ1) is 27.3. The van der Waals surface area contributed by atoms with Gasteiger partial charge in [0, 0.05) is 29.8 Å². The van der Waals surface area contributed by atoms with Crippen LogP contribution in [0, 0.1) is 6.92 Å². The van der Waals surface area contributed by atoms with E-state index in [9.17, 15) is 9.59 Å². The summed E-state index contributed by atoms with van der Waals surface area (Å²) in [4.78, 5) is 29.3. The predicted octanol–water partition coefficient (Wildman–Crippen LogP) is 6.58. The summed E-state index contributed by atoms with van der Waals surface area (Å²) in [7, 11) is 0. The van der Waals surface area contributed by atoms with Crippen molar-refractivity contribution in [2.45, 2.75) is 63.4 Å². The van der Waals surface area contributed by atoms with Crippen LogP contribution < -0.4 is 5.32 Å². The van der Waals surface area contributed by atoms with Crippen LogP contribution in [0.15, 0.2) is 78.9 Å². The smallest absolute Gasteiger partial charge is 0.243 e. The highest BCUT2D eigenvalue weighted by Crippen LogP contribution is 2.24. The van der Waals surface area contributed by atoms with Gasteiger partial charge in [0.2, 0.25) is 11.8 Å². The largest absolute Gasteiger partial charge is 0.352 e. The molecule has 1 saturated carbocycles. The third-order valence-corrected chi connectivity index (χ3v) is 8.35. The maximum absolute atomic E-state index is 13.8. The molecule has 2 amide bonds. The highest BCUT2D eigenvalue weighted by molar-refractivity contribution is 7.99. The number of nitrogens with zero attached hydrogens (tertiary/aromatic N) is 1. The Hall–Kier alpha value is -2.76. The van der Waals surface area contributed by atoms with Gasteiger partial charge in [0.15, 0.2) is 0 Å². The minimum absolute atomic E-state index is 0.0391. The van der Waals surface area contributed by atoms with Gasteiger partial charge in [0.25, 0.3) is 0 Å². The lowest BCUT2D eigenvalue weighted by atomic mass is 10.0. The molecule has 3 aromatic rings. The van der Waals surface area contributed by atoms with E-state index in [2.05, 4.69) is 18.3 Å². The molecule has 0 radical (unpaired) electrons. The summed E-state index contributed by atoms with van der Waals surface area (Å²) in [5.74, 6) is 0.817. The molecule has 0 heterocycles. The van der Waals surface area contributed by atoms with Gasteiger partial charge in [-0.1, -0.05) is 97.2 Å². The second kappa shape index (κ2) is 13.7. The van der Waals surface area contributed by atoms with Crippen LogP contribution in [0.4, 0.5) is 0 Å². The zero-order chi connectivity index (χ0) is 26.0. The van der Waals surface area contributed by atoms with Gasteiger partial charge in [0.1, 0.15) is 6.04 Å². The zero-order valence-corrected chi connectivity index (χ0v) is 22.9. The zero-order valence-electron chi connectivity index (χ0n) is 21.4. The highest BCUT2D eigenvalue weighted by Gasteiger charge is 2.32. The average Bonchev–Trinajstić information content (AvgIpc) is 3.42. The van der Waals surface area contributed by atoms with Gasteiger partial charge >= 0.3 is 0 Å². The summed E-state index contributed by atoms with van der Waals surface area (Å²) in [5, 5.41) is 3.97. The third kappa shape index (κ3) is 7.86. The molecule has 0 bridgehead atoms. The van der Waals surface area contributed by atoms with Crippen molar-refractivity contribution in [3.8, 4) is 0 Å². The first-order chi connectivity index (χ1) is 18.0. The quantitative estimate of drug-likeness (QED) is 0.302. The van der Waals surface area contributed by atoms with Gasteiger partial charge in [-0.3, -0.25) is 9.59 Å². The molecule has 1 atom stereocenters. The van der Waals surface area contributed by atoms with Gasteiger partial charge in [0.05, 0.1) is 5.75 Å². The van der Waals surface area contributed by atoms with Crippen molar-refractivity contribution in [3.63, 3.8) is 0 Å². The van der Waals surface area contributed by atoms with Crippen molar-refractivity contribution in [2.24, 2.45) is 0 Å². The Balaban J connectivity index is 1.58. The number of amides is 2. The Morgan fingerprint density at radius 3 is 2.30 bits per heavy atom. The molecule has 4 rings (SSSR count). The summed E-state index contributed by atoms with van der Waals surface area (Å²) >= 11 is 7.86. The molecular formula is C31H35ClN2O2S. The number of aryl methyl sites for hydroxylation is 1. The summed E-state index contributed by atoms with van der Waals surface area (Å²) in [5.41, 5.74) is 4.21. The van der Waals surface area contributed by atoms with Gasteiger partial charge in [-0.25, -0.2) is 0 Å². The SMILES string of the molecule is Cc1ccccc1CN(C(=O)CSCc1ccccc1Cl)C(Cc1ccccc1)C(=O)NC1CCCC1. The Kier molecular flexibility index (Phi) is 10.1. The molecule has 0 saturated heterocycles. The minimum atomic E-state index is -0.587. The van der Waals surface area contributed by atoms with Crippen molar-refractivity contribution >= 4 is 35.2 Å². The van der Waals surface area contributed by atoms with Crippen LogP contribution in [-0.2, 0) is 28.3 Å². The Labute approximate surface area is 229 Å². The molecule has 1 unspecified atom stereocenters.